The van der Waals surface area contributed by atoms with Crippen molar-refractivity contribution in [3.8, 4) is 22.3 Å². The van der Waals surface area contributed by atoms with Gasteiger partial charge in [-0.05, 0) is 112 Å². The van der Waals surface area contributed by atoms with Gasteiger partial charge in [-0.1, -0.05) is 146 Å². The van der Waals surface area contributed by atoms with Crippen LogP contribution in [0.4, 0.5) is 17.1 Å². The molecule has 1 N–H and O–H groups in total. The lowest BCUT2D eigenvalue weighted by molar-refractivity contribution is 0.631. The topological polar surface area (TPSA) is 15.3 Å². The van der Waals surface area contributed by atoms with Crippen LogP contribution in [0.2, 0.25) is 0 Å². The van der Waals surface area contributed by atoms with Crippen LogP contribution >= 0.6 is 0 Å². The number of para-hydroxylation sites is 2. The van der Waals surface area contributed by atoms with Gasteiger partial charge in [0.2, 0.25) is 0 Å². The maximum atomic E-state index is 4.46. The summed E-state index contributed by atoms with van der Waals surface area (Å²) >= 11 is 0. The molecule has 7 aromatic rings. The zero-order valence-electron chi connectivity index (χ0n) is 28.7. The van der Waals surface area contributed by atoms with E-state index in [1.807, 2.05) is 12.1 Å². The van der Waals surface area contributed by atoms with Gasteiger partial charge in [0.1, 0.15) is 5.66 Å². The van der Waals surface area contributed by atoms with Crippen LogP contribution in [0.25, 0.3) is 49.4 Å². The standard InChI is InChI=1S/C48H38N2/c1-33(2)39(30-28-34(3)48(4)49-44-26-16-17-27-45(44)50(48)38-22-12-7-13-23-38)37-29-31-42-43(32-37)47(36-20-10-6-11-21-36)41-25-15-14-24-40(41)46(42)35-18-8-5-9-19-35/h5-6,8-12,14-32,49H,1H2,2-4H3/b34-28+,39-30+. The minimum Gasteiger partial charge on any atom is -0.357 e. The monoisotopic (exact) mass is 642 g/mol. The van der Waals surface area contributed by atoms with Crippen LogP contribution < -0.4 is 10.2 Å². The molecular formula is C48H38N2. The Labute approximate surface area is 295 Å². The molecule has 1 heterocycles. The normalized spacial score (nSPS) is 15.9. The van der Waals surface area contributed by atoms with Gasteiger partial charge in [-0.25, -0.2) is 0 Å². The average molecular weight is 643 g/mol. The minimum absolute atomic E-state index is 0.497. The number of rotatable bonds is 7. The van der Waals surface area contributed by atoms with Gasteiger partial charge in [-0.3, -0.25) is 0 Å². The fraction of sp³-hybridized carbons (Fsp3) is 0.0833. The molecule has 7 aromatic carbocycles. The Morgan fingerprint density at radius 2 is 1.26 bits per heavy atom. The molecule has 1 aliphatic heterocycles. The van der Waals surface area contributed by atoms with Gasteiger partial charge >= 0.3 is 0 Å². The first-order valence-corrected chi connectivity index (χ1v) is 17.1. The van der Waals surface area contributed by atoms with Gasteiger partial charge in [0, 0.05) is 6.07 Å². The first kappa shape index (κ1) is 31.0. The Balaban J connectivity index is 1.31. The summed E-state index contributed by atoms with van der Waals surface area (Å²) < 4.78 is 0. The highest BCUT2D eigenvalue weighted by atomic mass is 15.4. The predicted octanol–water partition coefficient (Wildman–Crippen LogP) is 12.8. The third-order valence-electron chi connectivity index (χ3n) is 10.1. The molecule has 50 heavy (non-hydrogen) atoms. The van der Waals surface area contributed by atoms with Crippen LogP contribution in [-0.4, -0.2) is 5.66 Å². The molecule has 0 aliphatic carbocycles. The van der Waals surface area contributed by atoms with Crippen molar-refractivity contribution in [1.29, 1.82) is 0 Å². The maximum absolute atomic E-state index is 4.46. The first-order chi connectivity index (χ1) is 24.4. The molecule has 0 amide bonds. The number of fused-ring (bicyclic) bond motifs is 3. The van der Waals surface area contributed by atoms with Crippen molar-refractivity contribution >= 4 is 44.2 Å². The molecule has 0 aromatic heterocycles. The molecule has 0 spiro atoms. The zero-order chi connectivity index (χ0) is 34.2. The molecule has 240 valence electrons. The lowest BCUT2D eigenvalue weighted by Crippen LogP contribution is -2.46. The number of nitrogens with zero attached hydrogens (tertiary/aromatic N) is 1. The van der Waals surface area contributed by atoms with E-state index in [1.165, 1.54) is 49.4 Å². The molecule has 0 fully saturated rings. The molecule has 1 aliphatic rings. The Kier molecular flexibility index (Phi) is 7.82. The zero-order valence-corrected chi connectivity index (χ0v) is 28.7. The number of nitrogens with one attached hydrogen (secondary N) is 1. The van der Waals surface area contributed by atoms with Crippen molar-refractivity contribution in [2.24, 2.45) is 0 Å². The van der Waals surface area contributed by atoms with E-state index >= 15 is 0 Å². The van der Waals surface area contributed by atoms with E-state index in [0.29, 0.717) is 0 Å². The quantitative estimate of drug-likeness (QED) is 0.137. The van der Waals surface area contributed by atoms with Crippen LogP contribution in [-0.2, 0) is 0 Å². The molecule has 0 bridgehead atoms. The summed E-state index contributed by atoms with van der Waals surface area (Å²) in [6.07, 6.45) is 4.48. The summed E-state index contributed by atoms with van der Waals surface area (Å²) in [7, 11) is 0. The van der Waals surface area contributed by atoms with Gasteiger partial charge in [0.25, 0.3) is 0 Å². The van der Waals surface area contributed by atoms with E-state index in [-0.39, 0.29) is 0 Å². The summed E-state index contributed by atoms with van der Waals surface area (Å²) in [6.45, 7) is 11.0. The van der Waals surface area contributed by atoms with Crippen molar-refractivity contribution in [3.05, 3.63) is 193 Å². The van der Waals surface area contributed by atoms with Crippen molar-refractivity contribution in [2.75, 3.05) is 10.2 Å². The van der Waals surface area contributed by atoms with Gasteiger partial charge in [-0.15, -0.1) is 0 Å². The SMILES string of the molecule is C=C(C)/C(=C\C=C(/C)C1(C)Nc2ccccc2N1c1cc#ccc1)c1ccc2c(-c3ccccc3)c3ccccc3c(-c3ccccc3)c2c1. The lowest BCUT2D eigenvalue weighted by Gasteiger charge is -2.38. The molecule has 0 saturated carbocycles. The number of hydrogen-bond donors (Lipinski definition) is 1. The Morgan fingerprint density at radius 3 is 1.90 bits per heavy atom. The average Bonchev–Trinajstić information content (AvgIpc) is 3.47. The van der Waals surface area contributed by atoms with E-state index in [9.17, 15) is 0 Å². The van der Waals surface area contributed by atoms with E-state index in [4.69, 9.17) is 0 Å². The van der Waals surface area contributed by atoms with Crippen LogP contribution in [0.3, 0.4) is 0 Å². The van der Waals surface area contributed by atoms with Crippen molar-refractivity contribution in [1.82, 2.24) is 0 Å². The van der Waals surface area contributed by atoms with Crippen molar-refractivity contribution in [2.45, 2.75) is 26.4 Å². The summed E-state index contributed by atoms with van der Waals surface area (Å²) in [4.78, 5) is 2.35. The van der Waals surface area contributed by atoms with Crippen LogP contribution in [0.1, 0.15) is 26.3 Å². The number of benzene rings is 6. The molecule has 2 heteroatoms. The second-order valence-electron chi connectivity index (χ2n) is 13.2. The lowest BCUT2D eigenvalue weighted by atomic mass is 9.84. The first-order valence-electron chi connectivity index (χ1n) is 17.1. The summed E-state index contributed by atoms with van der Waals surface area (Å²) in [5, 5.41) is 8.78. The summed E-state index contributed by atoms with van der Waals surface area (Å²) in [5.41, 5.74) is 12.2. The predicted molar refractivity (Wildman–Crippen MR) is 214 cm³/mol. The number of hydrogen-bond acceptors (Lipinski definition) is 2. The van der Waals surface area contributed by atoms with Gasteiger partial charge < -0.3 is 10.2 Å². The van der Waals surface area contributed by atoms with Gasteiger partial charge in [-0.2, -0.15) is 0 Å². The highest BCUT2D eigenvalue weighted by Crippen LogP contribution is 2.48. The molecular weight excluding hydrogens is 605 g/mol. The molecule has 1 atom stereocenters. The Hall–Kier alpha value is -6.30. The minimum atomic E-state index is -0.497. The van der Waals surface area contributed by atoms with E-state index in [1.54, 1.807) is 0 Å². The Morgan fingerprint density at radius 1 is 0.660 bits per heavy atom. The molecule has 0 saturated heterocycles. The molecule has 8 rings (SSSR count). The van der Waals surface area contributed by atoms with Gasteiger partial charge in [0.15, 0.2) is 0 Å². The van der Waals surface area contributed by atoms with Crippen molar-refractivity contribution in [3.63, 3.8) is 0 Å². The second kappa shape index (κ2) is 12.6. The third kappa shape index (κ3) is 5.25. The third-order valence-corrected chi connectivity index (χ3v) is 10.1. The van der Waals surface area contributed by atoms with E-state index in [0.717, 1.165) is 33.8 Å². The fourth-order valence-corrected chi connectivity index (χ4v) is 7.52. The highest BCUT2D eigenvalue weighted by Gasteiger charge is 2.41. The van der Waals surface area contributed by atoms with E-state index < -0.39 is 5.66 Å². The number of anilines is 3. The van der Waals surface area contributed by atoms with Crippen molar-refractivity contribution < 1.29 is 0 Å². The van der Waals surface area contributed by atoms with E-state index in [2.05, 4.69) is 195 Å². The highest BCUT2D eigenvalue weighted by molar-refractivity contribution is 6.21. The molecule has 2 nitrogen and oxygen atoms in total. The van der Waals surface area contributed by atoms with Crippen LogP contribution in [0.5, 0.6) is 0 Å². The summed E-state index contributed by atoms with van der Waals surface area (Å²) in [5.74, 6) is 0. The fourth-order valence-electron chi connectivity index (χ4n) is 7.52. The molecule has 1 unspecified atom stereocenters. The summed E-state index contributed by atoms with van der Waals surface area (Å²) in [6, 6.07) is 58.0. The molecule has 0 radical (unpaired) electrons. The second-order valence-corrected chi connectivity index (χ2v) is 13.2. The van der Waals surface area contributed by atoms with Crippen LogP contribution in [0.15, 0.2) is 175 Å². The number of allylic oxidation sites excluding steroid dienone is 4. The largest absolute Gasteiger partial charge is 0.357 e. The van der Waals surface area contributed by atoms with Gasteiger partial charge in [0.05, 0.1) is 17.1 Å². The maximum Gasteiger partial charge on any atom is 0.134 e. The Bertz CT molecular complexity index is 2440. The smallest absolute Gasteiger partial charge is 0.134 e. The van der Waals surface area contributed by atoms with Crippen LogP contribution in [0, 0.1) is 12.1 Å².